The highest BCUT2D eigenvalue weighted by Gasteiger charge is 2.06. The Hall–Kier alpha value is -1.40. The number of carbonyl (C=O) groups is 1. The minimum Gasteiger partial charge on any atom is -0.387 e. The van der Waals surface area contributed by atoms with E-state index < -0.39 is 22.4 Å². The topological polar surface area (TPSA) is 83.5 Å². The van der Waals surface area contributed by atoms with Gasteiger partial charge in [0.1, 0.15) is 6.61 Å². The molecule has 0 heterocycles. The number of aliphatic hydroxyl groups is 1. The molecule has 0 fully saturated rings. The van der Waals surface area contributed by atoms with Crippen LogP contribution in [0.1, 0.15) is 0 Å². The third kappa shape index (κ3) is 3.34. The lowest BCUT2D eigenvalue weighted by molar-refractivity contribution is -0.118. The smallest absolute Gasteiger partial charge is 0.250 e. The van der Waals surface area contributed by atoms with Crippen molar-refractivity contribution in [2.75, 3.05) is 18.2 Å². The van der Waals surface area contributed by atoms with Gasteiger partial charge in [0.15, 0.2) is 9.84 Å². The Kier molecular flexibility index (Phi) is 3.43. The Balaban J connectivity index is 2.86. The Morgan fingerprint density at radius 3 is 2.27 bits per heavy atom. The van der Waals surface area contributed by atoms with Crippen LogP contribution < -0.4 is 5.32 Å². The summed E-state index contributed by atoms with van der Waals surface area (Å²) >= 11 is 0. The fourth-order valence-electron chi connectivity index (χ4n) is 0.986. The van der Waals surface area contributed by atoms with Crippen LogP contribution in [0, 0.1) is 0 Å². The molecule has 6 heteroatoms. The highest BCUT2D eigenvalue weighted by molar-refractivity contribution is 7.90. The number of nitrogens with one attached hydrogen (secondary N) is 1. The zero-order valence-electron chi connectivity index (χ0n) is 8.10. The number of amides is 1. The average Bonchev–Trinajstić information content (AvgIpc) is 2.17. The molecule has 0 aromatic heterocycles. The van der Waals surface area contributed by atoms with E-state index in [1.807, 2.05) is 0 Å². The summed E-state index contributed by atoms with van der Waals surface area (Å²) in [5, 5.41) is 10.9. The van der Waals surface area contributed by atoms with E-state index in [1.165, 1.54) is 24.3 Å². The molecule has 5 nitrogen and oxygen atoms in total. The summed E-state index contributed by atoms with van der Waals surface area (Å²) in [6.07, 6.45) is 1.11. The second kappa shape index (κ2) is 4.41. The van der Waals surface area contributed by atoms with Crippen LogP contribution in [0.15, 0.2) is 29.2 Å². The van der Waals surface area contributed by atoms with Gasteiger partial charge < -0.3 is 10.4 Å². The predicted molar refractivity (Wildman–Crippen MR) is 55.3 cm³/mol. The maximum Gasteiger partial charge on any atom is 0.250 e. The minimum atomic E-state index is -3.22. The number of aliphatic hydroxyl groups excluding tert-OH is 1. The molecule has 0 aliphatic carbocycles. The zero-order chi connectivity index (χ0) is 11.5. The monoisotopic (exact) mass is 229 g/mol. The second-order valence-corrected chi connectivity index (χ2v) is 5.02. The number of hydrogen-bond donors (Lipinski definition) is 2. The van der Waals surface area contributed by atoms with Gasteiger partial charge in [-0.3, -0.25) is 4.79 Å². The Morgan fingerprint density at radius 1 is 1.33 bits per heavy atom. The van der Waals surface area contributed by atoms with E-state index in [9.17, 15) is 13.2 Å². The van der Waals surface area contributed by atoms with Crippen molar-refractivity contribution in [3.8, 4) is 0 Å². The summed E-state index contributed by atoms with van der Waals surface area (Å²) in [6, 6.07) is 5.71. The summed E-state index contributed by atoms with van der Waals surface area (Å²) < 4.78 is 22.2. The highest BCUT2D eigenvalue weighted by atomic mass is 32.2. The third-order valence-corrected chi connectivity index (χ3v) is 2.84. The maximum absolute atomic E-state index is 11.1. The molecular weight excluding hydrogens is 218 g/mol. The van der Waals surface area contributed by atoms with Crippen LogP contribution in [-0.4, -0.2) is 32.3 Å². The molecule has 0 spiro atoms. The van der Waals surface area contributed by atoms with E-state index >= 15 is 0 Å². The van der Waals surface area contributed by atoms with Gasteiger partial charge in [-0.25, -0.2) is 8.42 Å². The van der Waals surface area contributed by atoms with Crippen LogP contribution in [0.2, 0.25) is 0 Å². The van der Waals surface area contributed by atoms with Gasteiger partial charge in [0.2, 0.25) is 5.91 Å². The second-order valence-electron chi connectivity index (χ2n) is 3.00. The number of benzene rings is 1. The summed E-state index contributed by atoms with van der Waals surface area (Å²) in [6.45, 7) is -0.603. The van der Waals surface area contributed by atoms with E-state index in [-0.39, 0.29) is 4.90 Å². The van der Waals surface area contributed by atoms with Crippen molar-refractivity contribution in [1.29, 1.82) is 0 Å². The highest BCUT2D eigenvalue weighted by Crippen LogP contribution is 2.13. The lowest BCUT2D eigenvalue weighted by Gasteiger charge is -2.03. The number of anilines is 1. The van der Waals surface area contributed by atoms with Crippen LogP contribution in [-0.2, 0) is 14.6 Å². The molecule has 0 aliphatic heterocycles. The molecule has 1 rings (SSSR count). The predicted octanol–water partition coefficient (Wildman–Crippen LogP) is 0.0209. The van der Waals surface area contributed by atoms with Gasteiger partial charge >= 0.3 is 0 Å². The molecule has 0 bridgehead atoms. The number of sulfone groups is 1. The molecule has 2 N–H and O–H groups in total. The first kappa shape index (κ1) is 11.7. The lowest BCUT2D eigenvalue weighted by Crippen LogP contribution is -2.15. The first-order valence-corrected chi connectivity index (χ1v) is 6.03. The van der Waals surface area contributed by atoms with E-state index in [2.05, 4.69) is 5.32 Å². The molecule has 1 aromatic rings. The average molecular weight is 229 g/mol. The minimum absolute atomic E-state index is 0.185. The molecule has 0 saturated heterocycles. The Labute approximate surface area is 87.7 Å². The molecule has 15 heavy (non-hydrogen) atoms. The van der Waals surface area contributed by atoms with Crippen LogP contribution >= 0.6 is 0 Å². The van der Waals surface area contributed by atoms with Crippen LogP contribution in [0.4, 0.5) is 5.69 Å². The molecule has 0 saturated carbocycles. The normalized spacial score (nSPS) is 11.1. The van der Waals surface area contributed by atoms with Crippen molar-refractivity contribution < 1.29 is 18.3 Å². The fourth-order valence-corrected chi connectivity index (χ4v) is 1.62. The molecule has 0 aliphatic rings. The number of carbonyl (C=O) groups excluding carboxylic acids is 1. The first-order chi connectivity index (χ1) is 6.93. The summed E-state index contributed by atoms with van der Waals surface area (Å²) in [5.74, 6) is -0.540. The van der Waals surface area contributed by atoms with Gasteiger partial charge in [0.25, 0.3) is 0 Å². The van der Waals surface area contributed by atoms with Crippen LogP contribution in [0.5, 0.6) is 0 Å². The van der Waals surface area contributed by atoms with E-state index in [1.54, 1.807) is 0 Å². The first-order valence-electron chi connectivity index (χ1n) is 4.14. The van der Waals surface area contributed by atoms with E-state index in [4.69, 9.17) is 5.11 Å². The molecule has 0 unspecified atom stereocenters. The SMILES string of the molecule is CS(=O)(=O)c1ccc(NC(=O)CO)cc1. The molecule has 1 amide bonds. The van der Waals surface area contributed by atoms with Crippen molar-refractivity contribution >= 4 is 21.4 Å². The Morgan fingerprint density at radius 2 is 1.87 bits per heavy atom. The molecule has 1 aromatic carbocycles. The van der Waals surface area contributed by atoms with E-state index in [0.717, 1.165) is 6.26 Å². The summed E-state index contributed by atoms with van der Waals surface area (Å²) in [5.41, 5.74) is 0.446. The zero-order valence-corrected chi connectivity index (χ0v) is 8.91. The largest absolute Gasteiger partial charge is 0.387 e. The molecule has 82 valence electrons. The van der Waals surface area contributed by atoms with Crippen molar-refractivity contribution in [3.63, 3.8) is 0 Å². The number of hydrogen-bond acceptors (Lipinski definition) is 4. The van der Waals surface area contributed by atoms with Crippen molar-refractivity contribution in [2.24, 2.45) is 0 Å². The fraction of sp³-hybridized carbons (Fsp3) is 0.222. The maximum atomic E-state index is 11.1. The van der Waals surface area contributed by atoms with Gasteiger partial charge in [-0.15, -0.1) is 0 Å². The van der Waals surface area contributed by atoms with Crippen LogP contribution in [0.25, 0.3) is 0 Å². The summed E-state index contributed by atoms with van der Waals surface area (Å²) in [7, 11) is -3.22. The quantitative estimate of drug-likeness (QED) is 0.765. The molecular formula is C9H11NO4S. The van der Waals surface area contributed by atoms with Gasteiger partial charge in [-0.2, -0.15) is 0 Å². The Bertz CT molecular complexity index is 450. The van der Waals surface area contributed by atoms with Crippen LogP contribution in [0.3, 0.4) is 0 Å². The van der Waals surface area contributed by atoms with Crippen molar-refractivity contribution in [2.45, 2.75) is 4.90 Å². The van der Waals surface area contributed by atoms with Gasteiger partial charge in [-0.1, -0.05) is 0 Å². The van der Waals surface area contributed by atoms with Crippen molar-refractivity contribution in [1.82, 2.24) is 0 Å². The lowest BCUT2D eigenvalue weighted by atomic mass is 10.3. The van der Waals surface area contributed by atoms with Gasteiger partial charge in [0.05, 0.1) is 4.90 Å². The third-order valence-electron chi connectivity index (χ3n) is 1.71. The number of rotatable bonds is 3. The summed E-state index contributed by atoms with van der Waals surface area (Å²) in [4.78, 5) is 11.0. The van der Waals surface area contributed by atoms with Crippen molar-refractivity contribution in [3.05, 3.63) is 24.3 Å². The van der Waals surface area contributed by atoms with E-state index in [0.29, 0.717) is 5.69 Å². The molecule has 0 atom stereocenters. The molecule has 0 radical (unpaired) electrons. The van der Waals surface area contributed by atoms with Gasteiger partial charge in [0, 0.05) is 11.9 Å². The standard InChI is InChI=1S/C9H11NO4S/c1-15(13,14)8-4-2-7(3-5-8)10-9(12)6-11/h2-5,11H,6H2,1H3,(H,10,12). The van der Waals surface area contributed by atoms with Gasteiger partial charge in [-0.05, 0) is 24.3 Å².